The van der Waals surface area contributed by atoms with E-state index in [2.05, 4.69) is 9.82 Å². The van der Waals surface area contributed by atoms with E-state index in [9.17, 15) is 4.79 Å². The largest absolute Gasteiger partial charge is 0.468 e. The van der Waals surface area contributed by atoms with Gasteiger partial charge in [0.1, 0.15) is 6.04 Å². The molecule has 76 valence electrons. The van der Waals surface area contributed by atoms with E-state index in [0.29, 0.717) is 6.61 Å². The maximum absolute atomic E-state index is 11.1. The highest BCUT2D eigenvalue weighted by Crippen LogP contribution is 2.60. The molecule has 1 heterocycles. The quantitative estimate of drug-likeness (QED) is 0.590. The molecule has 0 aromatic rings. The monoisotopic (exact) mass is 241 g/mol. The van der Waals surface area contributed by atoms with Gasteiger partial charge in [-0.1, -0.05) is 11.4 Å². The van der Waals surface area contributed by atoms with Crippen molar-refractivity contribution in [3.63, 3.8) is 0 Å². The number of methoxy groups -OCH3 is 1. The average molecular weight is 241 g/mol. The van der Waals surface area contributed by atoms with Gasteiger partial charge >= 0.3 is 5.97 Å². The summed E-state index contributed by atoms with van der Waals surface area (Å²) in [6, 6.07) is -0.388. The van der Waals surface area contributed by atoms with Gasteiger partial charge in [-0.15, -0.1) is 0 Å². The standard InChI is InChI=1S/C6H12NO3PS2/c1-5(6(8)9-2)7-11(12)10-3-4-13-11/h5H,3-4H2,1-2H3,(H,7,12). The molecule has 1 saturated heterocycles. The summed E-state index contributed by atoms with van der Waals surface area (Å²) in [6.07, 6.45) is 0. The summed E-state index contributed by atoms with van der Waals surface area (Å²) in [5.41, 5.74) is -1.99. The summed E-state index contributed by atoms with van der Waals surface area (Å²) >= 11 is 6.83. The molecule has 2 unspecified atom stereocenters. The Morgan fingerprint density at radius 2 is 2.54 bits per heavy atom. The fourth-order valence-electron chi connectivity index (χ4n) is 0.893. The van der Waals surface area contributed by atoms with E-state index in [-0.39, 0.29) is 12.0 Å². The summed E-state index contributed by atoms with van der Waals surface area (Å²) in [7, 11) is 1.36. The zero-order valence-corrected chi connectivity index (χ0v) is 10.0. The fourth-order valence-corrected chi connectivity index (χ4v) is 6.01. The Morgan fingerprint density at radius 1 is 1.85 bits per heavy atom. The van der Waals surface area contributed by atoms with E-state index >= 15 is 0 Å². The number of carbonyl (C=O) groups is 1. The van der Waals surface area contributed by atoms with Gasteiger partial charge in [-0.2, -0.15) is 0 Å². The van der Waals surface area contributed by atoms with Gasteiger partial charge in [0.25, 0.3) is 0 Å². The van der Waals surface area contributed by atoms with Crippen molar-refractivity contribution in [3.8, 4) is 0 Å². The first kappa shape index (κ1) is 11.5. The van der Waals surface area contributed by atoms with Crippen LogP contribution < -0.4 is 5.09 Å². The molecular weight excluding hydrogens is 229 g/mol. The Hall–Kier alpha value is 0.390. The van der Waals surface area contributed by atoms with E-state index in [1.54, 1.807) is 18.3 Å². The van der Waals surface area contributed by atoms with Crippen LogP contribution in [0.4, 0.5) is 0 Å². The van der Waals surface area contributed by atoms with Crippen LogP contribution in [0, 0.1) is 0 Å². The van der Waals surface area contributed by atoms with Crippen LogP contribution in [0.5, 0.6) is 0 Å². The predicted molar refractivity (Wildman–Crippen MR) is 57.3 cm³/mol. The third kappa shape index (κ3) is 3.22. The van der Waals surface area contributed by atoms with Crippen LogP contribution in [0.3, 0.4) is 0 Å². The highest BCUT2D eigenvalue weighted by molar-refractivity contribution is 8.69. The molecule has 0 bridgehead atoms. The molecule has 0 spiro atoms. The topological polar surface area (TPSA) is 47.6 Å². The number of esters is 1. The van der Waals surface area contributed by atoms with Crippen LogP contribution in [-0.4, -0.2) is 31.5 Å². The van der Waals surface area contributed by atoms with Gasteiger partial charge in [0.2, 0.25) is 0 Å². The van der Waals surface area contributed by atoms with Gasteiger partial charge in [0, 0.05) is 5.75 Å². The normalized spacial score (nSPS) is 30.0. The molecule has 0 aromatic heterocycles. The van der Waals surface area contributed by atoms with Crippen molar-refractivity contribution < 1.29 is 14.1 Å². The number of rotatable bonds is 3. The summed E-state index contributed by atoms with van der Waals surface area (Å²) in [6.45, 7) is 2.39. The van der Waals surface area contributed by atoms with E-state index in [4.69, 9.17) is 16.3 Å². The summed E-state index contributed by atoms with van der Waals surface area (Å²) in [4.78, 5) is 11.1. The first-order chi connectivity index (χ1) is 6.07. The number of hydrogen-bond acceptors (Lipinski definition) is 5. The molecule has 0 amide bonds. The van der Waals surface area contributed by atoms with Crippen molar-refractivity contribution in [3.05, 3.63) is 0 Å². The number of carbonyl (C=O) groups excluding carboxylic acids is 1. The lowest BCUT2D eigenvalue weighted by atomic mass is 10.4. The molecule has 1 rings (SSSR count). The third-order valence-corrected chi connectivity index (χ3v) is 7.21. The Morgan fingerprint density at radius 3 is 3.00 bits per heavy atom. The van der Waals surface area contributed by atoms with Crippen LogP contribution in [0.25, 0.3) is 0 Å². The third-order valence-electron chi connectivity index (χ3n) is 1.51. The van der Waals surface area contributed by atoms with Crippen molar-refractivity contribution in [2.45, 2.75) is 13.0 Å². The van der Waals surface area contributed by atoms with E-state index in [1.807, 2.05) is 0 Å². The van der Waals surface area contributed by atoms with Crippen LogP contribution in [-0.2, 0) is 25.9 Å². The zero-order chi connectivity index (χ0) is 9.90. The molecule has 1 fully saturated rings. The lowest BCUT2D eigenvalue weighted by Gasteiger charge is -2.19. The Bertz CT molecular complexity index is 238. The summed E-state index contributed by atoms with van der Waals surface area (Å²) < 4.78 is 9.95. The number of hydrogen-bond donors (Lipinski definition) is 1. The Balaban J connectivity index is 2.47. The van der Waals surface area contributed by atoms with Gasteiger partial charge in [-0.05, 0) is 18.7 Å². The molecule has 1 N–H and O–H groups in total. The second-order valence-electron chi connectivity index (χ2n) is 2.54. The van der Waals surface area contributed by atoms with Crippen molar-refractivity contribution >= 4 is 34.8 Å². The number of nitrogens with one attached hydrogen (secondary N) is 1. The van der Waals surface area contributed by atoms with Gasteiger partial charge in [0.15, 0.2) is 5.62 Å². The lowest BCUT2D eigenvalue weighted by molar-refractivity contribution is -0.142. The maximum Gasteiger partial charge on any atom is 0.322 e. The first-order valence-corrected chi connectivity index (χ1v) is 8.13. The SMILES string of the molecule is COC(=O)C(C)NP1(=S)OCCS1. The van der Waals surface area contributed by atoms with E-state index in [0.717, 1.165) is 5.75 Å². The van der Waals surface area contributed by atoms with E-state index in [1.165, 1.54) is 7.11 Å². The minimum Gasteiger partial charge on any atom is -0.468 e. The molecule has 7 heteroatoms. The molecule has 1 aliphatic rings. The second kappa shape index (κ2) is 4.75. The minimum atomic E-state index is -1.99. The minimum absolute atomic E-state index is 0.305. The van der Waals surface area contributed by atoms with Crippen LogP contribution >= 0.6 is 17.0 Å². The molecule has 13 heavy (non-hydrogen) atoms. The lowest BCUT2D eigenvalue weighted by Crippen LogP contribution is -2.31. The van der Waals surface area contributed by atoms with Crippen molar-refractivity contribution in [2.24, 2.45) is 0 Å². The summed E-state index contributed by atoms with van der Waals surface area (Å²) in [5, 5.41) is 3.00. The highest BCUT2D eigenvalue weighted by Gasteiger charge is 2.28. The van der Waals surface area contributed by atoms with Gasteiger partial charge < -0.3 is 9.26 Å². The molecule has 2 atom stereocenters. The van der Waals surface area contributed by atoms with Crippen molar-refractivity contribution in [1.82, 2.24) is 5.09 Å². The molecule has 4 nitrogen and oxygen atoms in total. The summed E-state index contributed by atoms with van der Waals surface area (Å²) in [5.74, 6) is 0.596. The molecule has 0 radical (unpaired) electrons. The number of ether oxygens (including phenoxy) is 1. The average Bonchev–Trinajstić information content (AvgIpc) is 2.50. The van der Waals surface area contributed by atoms with E-state index < -0.39 is 5.62 Å². The molecule has 0 aromatic carbocycles. The van der Waals surface area contributed by atoms with Gasteiger partial charge in [0.05, 0.1) is 13.7 Å². The highest BCUT2D eigenvalue weighted by atomic mass is 32.9. The zero-order valence-electron chi connectivity index (χ0n) is 7.48. The first-order valence-electron chi connectivity index (χ1n) is 3.82. The van der Waals surface area contributed by atoms with Gasteiger partial charge in [-0.25, -0.2) is 5.09 Å². The predicted octanol–water partition coefficient (Wildman–Crippen LogP) is 1.13. The molecule has 1 aliphatic heterocycles. The smallest absolute Gasteiger partial charge is 0.322 e. The van der Waals surface area contributed by atoms with Crippen LogP contribution in [0.15, 0.2) is 0 Å². The van der Waals surface area contributed by atoms with Crippen LogP contribution in [0.2, 0.25) is 0 Å². The second-order valence-corrected chi connectivity index (χ2v) is 9.27. The molecular formula is C6H12NO3PS2. The molecule has 0 aliphatic carbocycles. The Labute approximate surface area is 86.6 Å². The van der Waals surface area contributed by atoms with Gasteiger partial charge in [-0.3, -0.25) is 4.79 Å². The van der Waals surface area contributed by atoms with Crippen LogP contribution in [0.1, 0.15) is 6.92 Å². The maximum atomic E-state index is 11.1. The molecule has 0 saturated carbocycles. The fraction of sp³-hybridized carbons (Fsp3) is 0.833. The Kier molecular flexibility index (Phi) is 4.19. The van der Waals surface area contributed by atoms with Crippen molar-refractivity contribution in [1.29, 1.82) is 0 Å². The van der Waals surface area contributed by atoms with Crippen molar-refractivity contribution in [2.75, 3.05) is 19.5 Å².